The number of rotatable bonds is 5. The lowest BCUT2D eigenvalue weighted by Crippen LogP contribution is -2.25. The van der Waals surface area contributed by atoms with Gasteiger partial charge in [0.2, 0.25) is 11.7 Å². The lowest BCUT2D eigenvalue weighted by atomic mass is 10.2. The third-order valence-electron chi connectivity index (χ3n) is 2.40. The van der Waals surface area contributed by atoms with Gasteiger partial charge in [0.15, 0.2) is 0 Å². The first kappa shape index (κ1) is 23.0. The first-order valence-electron chi connectivity index (χ1n) is 6.58. The molecule has 0 aromatic heterocycles. The monoisotopic (exact) mass is 396 g/mol. The third-order valence-corrected chi connectivity index (χ3v) is 3.23. The SMILES string of the molecule is CNC(=O)Nc1cc(S(=O)(=O)O)cc(NC(C)=O)c1OF.NCC(=O)O. The van der Waals surface area contributed by atoms with Crippen LogP contribution in [-0.2, 0) is 19.7 Å². The van der Waals surface area contributed by atoms with E-state index in [2.05, 4.69) is 26.6 Å². The van der Waals surface area contributed by atoms with Crippen LogP contribution in [-0.4, -0.2) is 49.6 Å². The molecule has 0 radical (unpaired) electrons. The van der Waals surface area contributed by atoms with E-state index in [9.17, 15) is 27.3 Å². The van der Waals surface area contributed by atoms with E-state index in [1.165, 1.54) is 7.05 Å². The normalized spacial score (nSPS) is 10.0. The van der Waals surface area contributed by atoms with Gasteiger partial charge in [0.1, 0.15) is 0 Å². The minimum absolute atomic E-state index is 0.278. The van der Waals surface area contributed by atoms with Crippen molar-refractivity contribution in [3.8, 4) is 5.75 Å². The van der Waals surface area contributed by atoms with E-state index in [1.54, 1.807) is 0 Å². The lowest BCUT2D eigenvalue weighted by Gasteiger charge is -2.13. The highest BCUT2D eigenvalue weighted by atomic mass is 32.2. The summed E-state index contributed by atoms with van der Waals surface area (Å²) in [5.41, 5.74) is 3.78. The summed E-state index contributed by atoms with van der Waals surface area (Å²) in [4.78, 5) is 34.4. The van der Waals surface area contributed by atoms with E-state index in [0.717, 1.165) is 19.1 Å². The van der Waals surface area contributed by atoms with Crippen molar-refractivity contribution < 1.29 is 41.9 Å². The number of amides is 3. The highest BCUT2D eigenvalue weighted by Crippen LogP contribution is 2.37. The molecule has 0 unspecified atom stereocenters. The minimum atomic E-state index is -4.65. The summed E-state index contributed by atoms with van der Waals surface area (Å²) in [6.45, 7) is 0.813. The zero-order valence-corrected chi connectivity index (χ0v) is 14.4. The molecule has 0 aliphatic rings. The predicted molar refractivity (Wildman–Crippen MR) is 87.1 cm³/mol. The molecule has 26 heavy (non-hydrogen) atoms. The molecule has 1 aromatic rings. The number of carbonyl (C=O) groups is 3. The van der Waals surface area contributed by atoms with Crippen molar-refractivity contribution in [1.82, 2.24) is 5.32 Å². The molecule has 12 nitrogen and oxygen atoms in total. The maximum atomic E-state index is 12.6. The fourth-order valence-corrected chi connectivity index (χ4v) is 1.93. The highest BCUT2D eigenvalue weighted by Gasteiger charge is 2.21. The molecule has 0 saturated heterocycles. The zero-order valence-electron chi connectivity index (χ0n) is 13.6. The lowest BCUT2D eigenvalue weighted by molar-refractivity contribution is -0.135. The minimum Gasteiger partial charge on any atom is -0.480 e. The molecule has 0 aliphatic heterocycles. The van der Waals surface area contributed by atoms with E-state index in [4.69, 9.17) is 9.66 Å². The second-order valence-electron chi connectivity index (χ2n) is 4.38. The van der Waals surface area contributed by atoms with Gasteiger partial charge in [0, 0.05) is 18.5 Å². The van der Waals surface area contributed by atoms with Crippen LogP contribution in [0.4, 0.5) is 20.7 Å². The highest BCUT2D eigenvalue weighted by molar-refractivity contribution is 7.85. The third kappa shape index (κ3) is 7.73. The number of hydrogen-bond acceptors (Lipinski definition) is 7. The van der Waals surface area contributed by atoms with Gasteiger partial charge in [-0.15, -0.1) is 0 Å². The van der Waals surface area contributed by atoms with Crippen LogP contribution in [0.2, 0.25) is 0 Å². The van der Waals surface area contributed by atoms with Gasteiger partial charge in [-0.05, 0) is 12.1 Å². The van der Waals surface area contributed by atoms with Crippen molar-refractivity contribution in [1.29, 1.82) is 0 Å². The Bertz CT molecular complexity index is 784. The van der Waals surface area contributed by atoms with Crippen molar-refractivity contribution in [2.24, 2.45) is 5.73 Å². The molecule has 0 atom stereocenters. The second-order valence-corrected chi connectivity index (χ2v) is 5.80. The van der Waals surface area contributed by atoms with E-state index in [0.29, 0.717) is 0 Å². The number of anilines is 2. The van der Waals surface area contributed by atoms with Crippen molar-refractivity contribution in [3.63, 3.8) is 0 Å². The first-order chi connectivity index (χ1) is 12.0. The van der Waals surface area contributed by atoms with Gasteiger partial charge >= 0.3 is 12.0 Å². The van der Waals surface area contributed by atoms with E-state index >= 15 is 0 Å². The number of urea groups is 1. The Kier molecular flexibility index (Phi) is 8.96. The fourth-order valence-electron chi connectivity index (χ4n) is 1.39. The summed E-state index contributed by atoms with van der Waals surface area (Å²) in [6.07, 6.45) is 0. The number of benzene rings is 1. The molecule has 0 spiro atoms. The Labute approximate surface area is 147 Å². The van der Waals surface area contributed by atoms with Crippen LogP contribution < -0.4 is 26.6 Å². The summed E-state index contributed by atoms with van der Waals surface area (Å²) >= 11 is 0. The Morgan fingerprint density at radius 1 is 1.23 bits per heavy atom. The molecule has 3 amide bonds. The van der Waals surface area contributed by atoms with Crippen molar-refractivity contribution >= 4 is 39.4 Å². The Morgan fingerprint density at radius 2 is 1.69 bits per heavy atom. The maximum absolute atomic E-state index is 12.6. The van der Waals surface area contributed by atoms with Crippen molar-refractivity contribution in [2.75, 3.05) is 24.2 Å². The topological polar surface area (TPSA) is 197 Å². The number of halogens is 1. The summed E-state index contributed by atoms with van der Waals surface area (Å²) in [6, 6.07) is 0.750. The van der Waals surface area contributed by atoms with Gasteiger partial charge in [-0.25, -0.2) is 4.79 Å². The predicted octanol–water partition coefficient (Wildman–Crippen LogP) is -0.0640. The van der Waals surface area contributed by atoms with Gasteiger partial charge in [-0.3, -0.25) is 19.1 Å². The summed E-state index contributed by atoms with van der Waals surface area (Å²) in [7, 11) is -3.38. The fraction of sp³-hybridized carbons (Fsp3) is 0.250. The number of nitrogens with two attached hydrogens (primary N) is 1. The van der Waals surface area contributed by atoms with Crippen molar-refractivity contribution in [3.05, 3.63) is 12.1 Å². The van der Waals surface area contributed by atoms with E-state index in [1.807, 2.05) is 0 Å². The maximum Gasteiger partial charge on any atom is 0.319 e. The van der Waals surface area contributed by atoms with Crippen molar-refractivity contribution in [2.45, 2.75) is 11.8 Å². The molecular formula is C12H17FN4O8S. The molecule has 0 fully saturated rings. The molecule has 1 rings (SSSR count). The van der Waals surface area contributed by atoms with Crippen LogP contribution in [0.5, 0.6) is 5.75 Å². The van der Waals surface area contributed by atoms with Gasteiger partial charge in [-0.2, -0.15) is 8.42 Å². The van der Waals surface area contributed by atoms with Gasteiger partial charge < -0.3 is 26.8 Å². The van der Waals surface area contributed by atoms with E-state index in [-0.39, 0.29) is 12.2 Å². The van der Waals surface area contributed by atoms with Crippen LogP contribution in [0.1, 0.15) is 6.92 Å². The number of carboxylic acid groups (broad SMARTS) is 1. The number of aliphatic carboxylic acids is 1. The molecule has 0 saturated carbocycles. The van der Waals surface area contributed by atoms with Crippen LogP contribution in [0.3, 0.4) is 0 Å². The summed E-state index contributed by atoms with van der Waals surface area (Å²) < 4.78 is 44.0. The molecule has 1 aromatic carbocycles. The second kappa shape index (κ2) is 10.1. The average molecular weight is 396 g/mol. The van der Waals surface area contributed by atoms with Gasteiger partial charge in [-0.1, -0.05) is 0 Å². The van der Waals surface area contributed by atoms with Gasteiger partial charge in [0.05, 0.1) is 22.8 Å². The van der Waals surface area contributed by atoms with Crippen LogP contribution >= 0.6 is 0 Å². The van der Waals surface area contributed by atoms with Crippen LogP contribution in [0.25, 0.3) is 0 Å². The standard InChI is InChI=1S/C10H12FN3O6S.C2H5NO2/c1-5(15)13-7-3-6(21(17,18)19)4-8(9(7)20-11)14-10(16)12-2;3-1-2(4)5/h3-4H,1-2H3,(H,13,15)(H2,12,14,16)(H,17,18,19);1,3H2,(H,4,5). The molecule has 0 aliphatic carbocycles. The average Bonchev–Trinajstić information content (AvgIpc) is 2.53. The molecule has 0 bridgehead atoms. The number of carbonyl (C=O) groups excluding carboxylic acids is 2. The smallest absolute Gasteiger partial charge is 0.319 e. The number of carboxylic acids is 1. The van der Waals surface area contributed by atoms with Gasteiger partial charge in [0.25, 0.3) is 10.1 Å². The molecular weight excluding hydrogens is 379 g/mol. The number of hydrogen-bond donors (Lipinski definition) is 6. The van der Waals surface area contributed by atoms with Crippen LogP contribution in [0.15, 0.2) is 17.0 Å². The zero-order chi connectivity index (χ0) is 20.5. The quantitative estimate of drug-likeness (QED) is 0.369. The molecule has 7 N–H and O–H groups in total. The largest absolute Gasteiger partial charge is 0.480 e. The Morgan fingerprint density at radius 3 is 2.00 bits per heavy atom. The first-order valence-corrected chi connectivity index (χ1v) is 8.02. The Balaban J connectivity index is 0.00000110. The molecule has 14 heteroatoms. The summed E-state index contributed by atoms with van der Waals surface area (Å²) in [5.74, 6) is -2.24. The molecule has 146 valence electrons. The van der Waals surface area contributed by atoms with E-state index < -0.39 is 44.4 Å². The number of nitrogens with one attached hydrogen (secondary N) is 3. The van der Waals surface area contributed by atoms with Crippen LogP contribution in [0, 0.1) is 0 Å². The Hall–Kier alpha value is -2.97. The summed E-state index contributed by atoms with van der Waals surface area (Å²) in [5, 5.41) is 14.0. The molecule has 0 heterocycles.